The maximum Gasteiger partial charge on any atom is 0.319 e. The summed E-state index contributed by atoms with van der Waals surface area (Å²) < 4.78 is 0. The molecule has 0 bridgehead atoms. The van der Waals surface area contributed by atoms with Crippen molar-refractivity contribution in [2.24, 2.45) is 0 Å². The molecule has 8 heteroatoms. The molecule has 4 aromatic rings. The van der Waals surface area contributed by atoms with Crippen LogP contribution in [0.1, 0.15) is 49.4 Å². The van der Waals surface area contributed by atoms with Crippen molar-refractivity contribution in [3.63, 3.8) is 0 Å². The molecule has 0 aliphatic heterocycles. The standard InChI is InChI=1S/C32H37N5O2S/c1-2-3-4-5-14-21-34-31(39)35-27-20-13-12-19-26(27)30(38)33-22-23-40-32-36-28(24-15-8-6-9-16-24)29(37-32)25-17-10-7-11-18-25/h6-13,15-20H,2-5,14,21-23H2,1H3,(H,33,38)(H,36,37)(H2,34,35,39). The fourth-order valence-corrected chi connectivity index (χ4v) is 5.06. The molecule has 208 valence electrons. The Morgan fingerprint density at radius 2 is 1.45 bits per heavy atom. The molecule has 0 aliphatic carbocycles. The molecular formula is C32H37N5O2S. The van der Waals surface area contributed by atoms with E-state index in [9.17, 15) is 9.59 Å². The zero-order chi connectivity index (χ0) is 28.0. The highest BCUT2D eigenvalue weighted by atomic mass is 32.2. The number of benzene rings is 3. The predicted octanol–water partition coefficient (Wildman–Crippen LogP) is 7.36. The summed E-state index contributed by atoms with van der Waals surface area (Å²) in [5, 5.41) is 9.46. The van der Waals surface area contributed by atoms with Crippen LogP contribution in [0.5, 0.6) is 0 Å². The Balaban J connectivity index is 1.30. The van der Waals surface area contributed by atoms with Gasteiger partial charge in [-0.3, -0.25) is 4.79 Å². The van der Waals surface area contributed by atoms with Crippen molar-refractivity contribution in [3.05, 3.63) is 90.5 Å². The Labute approximate surface area is 240 Å². The normalized spacial score (nSPS) is 10.7. The molecule has 7 nitrogen and oxygen atoms in total. The number of aromatic amines is 1. The molecular weight excluding hydrogens is 518 g/mol. The van der Waals surface area contributed by atoms with Gasteiger partial charge in [-0.25, -0.2) is 9.78 Å². The Bertz CT molecular complexity index is 1300. The summed E-state index contributed by atoms with van der Waals surface area (Å²) in [5.74, 6) is 0.404. The lowest BCUT2D eigenvalue weighted by atomic mass is 10.1. The van der Waals surface area contributed by atoms with Crippen molar-refractivity contribution in [2.75, 3.05) is 24.2 Å². The molecule has 40 heavy (non-hydrogen) atoms. The second kappa shape index (κ2) is 15.5. The smallest absolute Gasteiger partial charge is 0.319 e. The lowest BCUT2D eigenvalue weighted by molar-refractivity contribution is 0.0957. The fraction of sp³-hybridized carbons (Fsp3) is 0.281. The van der Waals surface area contributed by atoms with E-state index < -0.39 is 0 Å². The monoisotopic (exact) mass is 555 g/mol. The van der Waals surface area contributed by atoms with Gasteiger partial charge in [0.1, 0.15) is 0 Å². The van der Waals surface area contributed by atoms with Crippen molar-refractivity contribution < 1.29 is 9.59 Å². The number of hydrogen-bond acceptors (Lipinski definition) is 4. The molecule has 0 saturated carbocycles. The first-order chi connectivity index (χ1) is 19.7. The van der Waals surface area contributed by atoms with E-state index in [-0.39, 0.29) is 11.9 Å². The van der Waals surface area contributed by atoms with Crippen molar-refractivity contribution in [3.8, 4) is 22.5 Å². The van der Waals surface area contributed by atoms with Gasteiger partial charge in [-0.2, -0.15) is 0 Å². The van der Waals surface area contributed by atoms with Crippen LogP contribution in [0.2, 0.25) is 0 Å². The molecule has 3 aromatic carbocycles. The summed E-state index contributed by atoms with van der Waals surface area (Å²) in [6.45, 7) is 3.25. The number of anilines is 1. The largest absolute Gasteiger partial charge is 0.351 e. The summed E-state index contributed by atoms with van der Waals surface area (Å²) in [6, 6.07) is 27.0. The van der Waals surface area contributed by atoms with Gasteiger partial charge in [0, 0.05) is 30.0 Å². The van der Waals surface area contributed by atoms with Crippen LogP contribution in [0.15, 0.2) is 90.1 Å². The van der Waals surface area contributed by atoms with Gasteiger partial charge in [-0.15, -0.1) is 0 Å². The Hall–Kier alpha value is -4.04. The Morgan fingerprint density at radius 3 is 2.20 bits per heavy atom. The molecule has 0 fully saturated rings. The first-order valence-corrected chi connectivity index (χ1v) is 14.9. The van der Waals surface area contributed by atoms with Gasteiger partial charge in [-0.05, 0) is 18.6 Å². The summed E-state index contributed by atoms with van der Waals surface area (Å²) >= 11 is 1.55. The lowest BCUT2D eigenvalue weighted by Crippen LogP contribution is -2.31. The van der Waals surface area contributed by atoms with Gasteiger partial charge in [0.05, 0.1) is 22.6 Å². The minimum absolute atomic E-state index is 0.231. The van der Waals surface area contributed by atoms with Gasteiger partial charge in [0.25, 0.3) is 5.91 Å². The average molecular weight is 556 g/mol. The number of nitrogens with one attached hydrogen (secondary N) is 4. The van der Waals surface area contributed by atoms with Crippen LogP contribution in [0.25, 0.3) is 22.5 Å². The van der Waals surface area contributed by atoms with E-state index >= 15 is 0 Å². The van der Waals surface area contributed by atoms with E-state index in [0.29, 0.717) is 30.1 Å². The number of H-pyrrole nitrogens is 1. The predicted molar refractivity (Wildman–Crippen MR) is 165 cm³/mol. The van der Waals surface area contributed by atoms with Gasteiger partial charge < -0.3 is 20.9 Å². The number of carbonyl (C=O) groups excluding carboxylic acids is 2. The van der Waals surface area contributed by atoms with E-state index in [1.165, 1.54) is 19.3 Å². The molecule has 0 radical (unpaired) electrons. The SMILES string of the molecule is CCCCCCCNC(=O)Nc1ccccc1C(=O)NCCSc1nc(-c2ccccc2)c(-c2ccccc2)[nH]1. The molecule has 4 rings (SSSR count). The molecule has 0 spiro atoms. The molecule has 4 N–H and O–H groups in total. The number of thioether (sulfide) groups is 1. The summed E-state index contributed by atoms with van der Waals surface area (Å²) in [6.07, 6.45) is 5.65. The highest BCUT2D eigenvalue weighted by molar-refractivity contribution is 7.99. The summed E-state index contributed by atoms with van der Waals surface area (Å²) in [7, 11) is 0. The molecule has 1 aromatic heterocycles. The summed E-state index contributed by atoms with van der Waals surface area (Å²) in [5.41, 5.74) is 4.90. The lowest BCUT2D eigenvalue weighted by Gasteiger charge is -2.12. The highest BCUT2D eigenvalue weighted by Crippen LogP contribution is 2.32. The van der Waals surface area contributed by atoms with Crippen LogP contribution in [0, 0.1) is 0 Å². The maximum atomic E-state index is 12.9. The number of nitrogens with zero attached hydrogens (tertiary/aromatic N) is 1. The number of aromatic nitrogens is 2. The summed E-state index contributed by atoms with van der Waals surface area (Å²) in [4.78, 5) is 33.6. The van der Waals surface area contributed by atoms with Crippen molar-refractivity contribution in [2.45, 2.75) is 44.2 Å². The van der Waals surface area contributed by atoms with Crippen molar-refractivity contribution in [1.29, 1.82) is 0 Å². The number of amides is 3. The topological polar surface area (TPSA) is 98.9 Å². The third kappa shape index (κ3) is 8.48. The van der Waals surface area contributed by atoms with E-state index in [1.54, 1.807) is 36.0 Å². The van der Waals surface area contributed by atoms with Crippen LogP contribution in [0.4, 0.5) is 10.5 Å². The molecule has 3 amide bonds. The average Bonchev–Trinajstić information content (AvgIpc) is 3.42. The van der Waals surface area contributed by atoms with E-state index in [0.717, 1.165) is 40.5 Å². The van der Waals surface area contributed by atoms with E-state index in [1.807, 2.05) is 36.4 Å². The first kappa shape index (κ1) is 29.0. The number of hydrogen-bond donors (Lipinski definition) is 4. The van der Waals surface area contributed by atoms with Crippen LogP contribution < -0.4 is 16.0 Å². The van der Waals surface area contributed by atoms with Crippen molar-refractivity contribution in [1.82, 2.24) is 20.6 Å². The third-order valence-corrected chi connectivity index (χ3v) is 7.28. The first-order valence-electron chi connectivity index (χ1n) is 13.9. The van der Waals surface area contributed by atoms with Crippen LogP contribution in [-0.4, -0.2) is 40.7 Å². The molecule has 1 heterocycles. The number of rotatable bonds is 14. The van der Waals surface area contributed by atoms with Gasteiger partial charge in [0.2, 0.25) is 0 Å². The fourth-order valence-electron chi connectivity index (χ4n) is 4.33. The third-order valence-electron chi connectivity index (χ3n) is 6.40. The van der Waals surface area contributed by atoms with Crippen LogP contribution in [-0.2, 0) is 0 Å². The Morgan fingerprint density at radius 1 is 0.775 bits per heavy atom. The number of para-hydroxylation sites is 1. The van der Waals surface area contributed by atoms with Crippen LogP contribution >= 0.6 is 11.8 Å². The number of imidazole rings is 1. The highest BCUT2D eigenvalue weighted by Gasteiger charge is 2.15. The molecule has 0 atom stereocenters. The number of carbonyl (C=O) groups is 2. The maximum absolute atomic E-state index is 12.9. The van der Waals surface area contributed by atoms with Gasteiger partial charge in [-0.1, -0.05) is 117 Å². The minimum atomic E-state index is -0.299. The van der Waals surface area contributed by atoms with Gasteiger partial charge in [0.15, 0.2) is 5.16 Å². The molecule has 0 saturated heterocycles. The molecule has 0 unspecified atom stereocenters. The zero-order valence-electron chi connectivity index (χ0n) is 22.9. The zero-order valence-corrected chi connectivity index (χ0v) is 23.7. The molecule has 0 aliphatic rings. The van der Waals surface area contributed by atoms with Gasteiger partial charge >= 0.3 is 6.03 Å². The van der Waals surface area contributed by atoms with Crippen molar-refractivity contribution >= 4 is 29.4 Å². The number of urea groups is 1. The van der Waals surface area contributed by atoms with Crippen LogP contribution in [0.3, 0.4) is 0 Å². The minimum Gasteiger partial charge on any atom is -0.351 e. The second-order valence-corrected chi connectivity index (χ2v) is 10.5. The number of unbranched alkanes of at least 4 members (excludes halogenated alkanes) is 4. The Kier molecular flexibility index (Phi) is 11.2. The quantitative estimate of drug-likeness (QED) is 0.0965. The van der Waals surface area contributed by atoms with E-state index in [2.05, 4.69) is 52.1 Å². The second-order valence-electron chi connectivity index (χ2n) is 9.44. The van der Waals surface area contributed by atoms with E-state index in [4.69, 9.17) is 4.98 Å².